The lowest BCUT2D eigenvalue weighted by molar-refractivity contribution is -0.135. The van der Waals surface area contributed by atoms with E-state index in [1.54, 1.807) is 0 Å². The maximum Gasteiger partial charge on any atom is 0.240 e. The van der Waals surface area contributed by atoms with Crippen LogP contribution in [0.5, 0.6) is 0 Å². The van der Waals surface area contributed by atoms with Crippen molar-refractivity contribution in [1.82, 2.24) is 10.2 Å². The highest BCUT2D eigenvalue weighted by Crippen LogP contribution is 2.23. The van der Waals surface area contributed by atoms with Gasteiger partial charge in [0.15, 0.2) is 0 Å². The summed E-state index contributed by atoms with van der Waals surface area (Å²) in [7, 11) is 0. The van der Waals surface area contributed by atoms with E-state index in [4.69, 9.17) is 0 Å². The van der Waals surface area contributed by atoms with E-state index >= 15 is 0 Å². The van der Waals surface area contributed by atoms with Crippen molar-refractivity contribution in [2.24, 2.45) is 0 Å². The summed E-state index contributed by atoms with van der Waals surface area (Å²) in [5.41, 5.74) is 3.89. The second-order valence-electron chi connectivity index (χ2n) is 6.91. The van der Waals surface area contributed by atoms with Gasteiger partial charge in [0.25, 0.3) is 0 Å². The van der Waals surface area contributed by atoms with Crippen LogP contribution in [0.3, 0.4) is 0 Å². The standard InChI is InChI=1S/C20H28N2O/c1-15-7-5-8-16(2)18(15)12-11-17-9-3-4-14-22(17)20(23)19-10-6-13-21-19/h5,7-8,11-12,17,19,21H,3-4,6,9-10,13-14H2,1-2H3/b12-11+/t17?,19-/m0/s1. The normalized spacial score (nSPS) is 25.2. The molecule has 23 heavy (non-hydrogen) atoms. The first kappa shape index (κ1) is 16.3. The zero-order valence-electron chi connectivity index (χ0n) is 14.3. The maximum absolute atomic E-state index is 12.8. The fraction of sp³-hybridized carbons (Fsp3) is 0.550. The molecule has 2 aliphatic heterocycles. The molecule has 0 aliphatic carbocycles. The van der Waals surface area contributed by atoms with Gasteiger partial charge in [0.2, 0.25) is 5.91 Å². The zero-order chi connectivity index (χ0) is 16.2. The molecular formula is C20H28N2O. The number of nitrogens with zero attached hydrogens (tertiary/aromatic N) is 1. The molecule has 1 N–H and O–H groups in total. The summed E-state index contributed by atoms with van der Waals surface area (Å²) in [6, 6.07) is 6.70. The van der Waals surface area contributed by atoms with Crippen LogP contribution < -0.4 is 5.32 Å². The van der Waals surface area contributed by atoms with E-state index in [2.05, 4.69) is 54.4 Å². The number of hydrogen-bond donors (Lipinski definition) is 1. The highest BCUT2D eigenvalue weighted by Gasteiger charge is 2.31. The molecule has 0 aromatic heterocycles. The minimum Gasteiger partial charge on any atom is -0.335 e. The van der Waals surface area contributed by atoms with Crippen LogP contribution in [0, 0.1) is 13.8 Å². The van der Waals surface area contributed by atoms with E-state index in [1.807, 2.05) is 0 Å². The summed E-state index contributed by atoms with van der Waals surface area (Å²) in [4.78, 5) is 14.9. The van der Waals surface area contributed by atoms with Gasteiger partial charge in [-0.15, -0.1) is 0 Å². The molecule has 1 amide bonds. The highest BCUT2D eigenvalue weighted by atomic mass is 16.2. The number of likely N-dealkylation sites (tertiary alicyclic amines) is 1. The molecule has 0 spiro atoms. The third-order valence-electron chi connectivity index (χ3n) is 5.22. The number of amides is 1. The number of piperidine rings is 1. The van der Waals surface area contributed by atoms with Gasteiger partial charge >= 0.3 is 0 Å². The smallest absolute Gasteiger partial charge is 0.240 e. The van der Waals surface area contributed by atoms with Gasteiger partial charge in [-0.3, -0.25) is 4.79 Å². The highest BCUT2D eigenvalue weighted by molar-refractivity contribution is 5.83. The Balaban J connectivity index is 1.76. The van der Waals surface area contributed by atoms with Crippen molar-refractivity contribution in [3.8, 4) is 0 Å². The molecular weight excluding hydrogens is 284 g/mol. The molecule has 0 saturated carbocycles. The molecule has 2 fully saturated rings. The van der Waals surface area contributed by atoms with Gasteiger partial charge in [-0.1, -0.05) is 30.4 Å². The van der Waals surface area contributed by atoms with Crippen LogP contribution in [0.15, 0.2) is 24.3 Å². The third kappa shape index (κ3) is 3.66. The van der Waals surface area contributed by atoms with Gasteiger partial charge in [0.1, 0.15) is 0 Å². The van der Waals surface area contributed by atoms with E-state index < -0.39 is 0 Å². The van der Waals surface area contributed by atoms with E-state index in [1.165, 1.54) is 23.1 Å². The van der Waals surface area contributed by atoms with Crippen LogP contribution in [-0.4, -0.2) is 36.0 Å². The number of carbonyl (C=O) groups excluding carboxylic acids is 1. The molecule has 1 aromatic carbocycles. The van der Waals surface area contributed by atoms with Gasteiger partial charge in [0.05, 0.1) is 12.1 Å². The Morgan fingerprint density at radius 3 is 2.65 bits per heavy atom. The van der Waals surface area contributed by atoms with Crippen molar-refractivity contribution in [1.29, 1.82) is 0 Å². The number of aryl methyl sites for hydroxylation is 2. The summed E-state index contributed by atoms with van der Waals surface area (Å²) in [5.74, 6) is 0.304. The lowest BCUT2D eigenvalue weighted by Gasteiger charge is -2.35. The fourth-order valence-electron chi connectivity index (χ4n) is 3.82. The van der Waals surface area contributed by atoms with Crippen LogP contribution in [0.25, 0.3) is 6.08 Å². The second-order valence-corrected chi connectivity index (χ2v) is 6.91. The number of carbonyl (C=O) groups is 1. The molecule has 3 heteroatoms. The molecule has 3 rings (SSSR count). The average Bonchev–Trinajstić information content (AvgIpc) is 3.08. The minimum absolute atomic E-state index is 0.0456. The largest absolute Gasteiger partial charge is 0.335 e. The predicted octanol–water partition coefficient (Wildman–Crippen LogP) is 3.45. The average molecular weight is 312 g/mol. The van der Waals surface area contributed by atoms with Gasteiger partial charge in [-0.25, -0.2) is 0 Å². The van der Waals surface area contributed by atoms with Crippen LogP contribution in [0.4, 0.5) is 0 Å². The minimum atomic E-state index is 0.0456. The molecule has 1 unspecified atom stereocenters. The van der Waals surface area contributed by atoms with Crippen molar-refractivity contribution in [3.05, 3.63) is 41.0 Å². The van der Waals surface area contributed by atoms with Gasteiger partial charge in [0, 0.05) is 6.54 Å². The summed E-state index contributed by atoms with van der Waals surface area (Å²) in [6.45, 7) is 6.18. The van der Waals surface area contributed by atoms with Crippen LogP contribution in [0.2, 0.25) is 0 Å². The topological polar surface area (TPSA) is 32.3 Å². The van der Waals surface area contributed by atoms with Gasteiger partial charge in [-0.2, -0.15) is 0 Å². The molecule has 2 saturated heterocycles. The summed E-state index contributed by atoms with van der Waals surface area (Å²) in [5, 5.41) is 3.35. The Morgan fingerprint density at radius 1 is 1.17 bits per heavy atom. The molecule has 1 aromatic rings. The quantitative estimate of drug-likeness (QED) is 0.927. The number of benzene rings is 1. The number of rotatable bonds is 3. The van der Waals surface area contributed by atoms with E-state index in [0.717, 1.165) is 38.8 Å². The van der Waals surface area contributed by atoms with Gasteiger partial charge < -0.3 is 10.2 Å². The molecule has 2 atom stereocenters. The summed E-state index contributed by atoms with van der Waals surface area (Å²) < 4.78 is 0. The Labute approximate surface area is 139 Å². The fourth-order valence-corrected chi connectivity index (χ4v) is 3.82. The van der Waals surface area contributed by atoms with Crippen LogP contribution >= 0.6 is 0 Å². The van der Waals surface area contributed by atoms with Crippen molar-refractivity contribution in [2.75, 3.05) is 13.1 Å². The first-order valence-corrected chi connectivity index (χ1v) is 8.95. The van der Waals surface area contributed by atoms with Crippen LogP contribution in [0.1, 0.15) is 48.8 Å². The summed E-state index contributed by atoms with van der Waals surface area (Å²) in [6.07, 6.45) is 10.0. The zero-order valence-corrected chi connectivity index (χ0v) is 14.3. The SMILES string of the molecule is Cc1cccc(C)c1/C=C/C1CCCCN1C(=O)[C@@H]1CCCN1. The lowest BCUT2D eigenvalue weighted by atomic mass is 9.97. The number of hydrogen-bond acceptors (Lipinski definition) is 2. The Kier molecular flexibility index (Phi) is 5.16. The monoisotopic (exact) mass is 312 g/mol. The molecule has 124 valence electrons. The predicted molar refractivity (Wildman–Crippen MR) is 95.3 cm³/mol. The van der Waals surface area contributed by atoms with E-state index in [0.29, 0.717) is 5.91 Å². The van der Waals surface area contributed by atoms with Crippen molar-refractivity contribution < 1.29 is 4.79 Å². The molecule has 2 aliphatic rings. The first-order chi connectivity index (χ1) is 11.2. The van der Waals surface area contributed by atoms with Gasteiger partial charge in [-0.05, 0) is 69.2 Å². The lowest BCUT2D eigenvalue weighted by Crippen LogP contribution is -2.49. The summed E-state index contributed by atoms with van der Waals surface area (Å²) >= 11 is 0. The number of nitrogens with one attached hydrogen (secondary N) is 1. The van der Waals surface area contributed by atoms with Crippen molar-refractivity contribution in [3.63, 3.8) is 0 Å². The Bertz CT molecular complexity index is 567. The van der Waals surface area contributed by atoms with E-state index in [-0.39, 0.29) is 12.1 Å². The Morgan fingerprint density at radius 2 is 1.96 bits per heavy atom. The molecule has 0 radical (unpaired) electrons. The first-order valence-electron chi connectivity index (χ1n) is 8.95. The van der Waals surface area contributed by atoms with Crippen LogP contribution in [-0.2, 0) is 4.79 Å². The molecule has 2 heterocycles. The Hall–Kier alpha value is -1.61. The molecule has 3 nitrogen and oxygen atoms in total. The van der Waals surface area contributed by atoms with Crippen molar-refractivity contribution >= 4 is 12.0 Å². The van der Waals surface area contributed by atoms with Crippen molar-refractivity contribution in [2.45, 2.75) is 58.0 Å². The van der Waals surface area contributed by atoms with E-state index in [9.17, 15) is 4.79 Å². The maximum atomic E-state index is 12.8. The molecule has 0 bridgehead atoms. The third-order valence-corrected chi connectivity index (χ3v) is 5.22. The second kappa shape index (κ2) is 7.31.